The first kappa shape index (κ1) is 22.6. The normalized spacial score (nSPS) is 16.4. The van der Waals surface area contributed by atoms with E-state index in [1.165, 1.54) is 29.5 Å². The van der Waals surface area contributed by atoms with Gasteiger partial charge in [-0.3, -0.25) is 4.79 Å². The molecule has 0 radical (unpaired) electrons. The molecule has 0 saturated carbocycles. The summed E-state index contributed by atoms with van der Waals surface area (Å²) in [5.41, 5.74) is 2.64. The summed E-state index contributed by atoms with van der Waals surface area (Å²) in [4.78, 5) is 21.7. The van der Waals surface area contributed by atoms with Gasteiger partial charge in [-0.1, -0.05) is 11.3 Å². The highest BCUT2D eigenvalue weighted by Gasteiger charge is 2.31. The lowest BCUT2D eigenvalue weighted by atomic mass is 10.0. The van der Waals surface area contributed by atoms with E-state index in [9.17, 15) is 18.0 Å². The largest absolute Gasteiger partial charge is 0.573 e. The fraction of sp³-hybridized carbons (Fsp3) is 0.348. The van der Waals surface area contributed by atoms with Crippen molar-refractivity contribution in [2.45, 2.75) is 38.1 Å². The molecular weight excluding hydrogens is 469 g/mol. The van der Waals surface area contributed by atoms with Gasteiger partial charge in [0.1, 0.15) is 5.75 Å². The zero-order chi connectivity index (χ0) is 23.9. The maximum atomic E-state index is 12.6. The molecule has 2 aromatic carbocycles. The van der Waals surface area contributed by atoms with Gasteiger partial charge in [0.15, 0.2) is 10.9 Å². The second-order valence-electron chi connectivity index (χ2n) is 8.12. The number of aromatic nitrogens is 3. The fourth-order valence-corrected chi connectivity index (χ4v) is 4.93. The number of imidazole rings is 1. The van der Waals surface area contributed by atoms with Gasteiger partial charge in [0.2, 0.25) is 5.95 Å². The fourth-order valence-electron chi connectivity index (χ4n) is 4.04. The number of ketones is 1. The summed E-state index contributed by atoms with van der Waals surface area (Å²) in [5, 5.41) is 3.60. The Morgan fingerprint density at radius 2 is 2.09 bits per heavy atom. The third kappa shape index (κ3) is 4.85. The first-order valence-corrected chi connectivity index (χ1v) is 11.6. The van der Waals surface area contributed by atoms with Gasteiger partial charge in [-0.05, 0) is 49.6 Å². The predicted molar refractivity (Wildman–Crippen MR) is 123 cm³/mol. The van der Waals surface area contributed by atoms with Gasteiger partial charge >= 0.3 is 6.36 Å². The van der Waals surface area contributed by atoms with Crippen LogP contribution >= 0.6 is 11.3 Å². The van der Waals surface area contributed by atoms with Gasteiger partial charge in [0.25, 0.3) is 0 Å². The molecule has 0 aliphatic carbocycles. The first-order valence-electron chi connectivity index (χ1n) is 10.8. The molecule has 1 fully saturated rings. The highest BCUT2D eigenvalue weighted by atomic mass is 32.1. The van der Waals surface area contributed by atoms with E-state index in [1.54, 1.807) is 12.1 Å². The monoisotopic (exact) mass is 490 g/mol. The number of benzene rings is 2. The summed E-state index contributed by atoms with van der Waals surface area (Å²) < 4.78 is 49.4. The number of nitrogens with zero attached hydrogens (tertiary/aromatic N) is 3. The molecule has 1 aliphatic rings. The molecule has 2 aromatic heterocycles. The Kier molecular flexibility index (Phi) is 5.90. The van der Waals surface area contributed by atoms with Crippen LogP contribution in [0.4, 0.5) is 24.3 Å². The molecule has 0 spiro atoms. The average molecular weight is 491 g/mol. The molecular formula is C23H21F3N4O3S. The van der Waals surface area contributed by atoms with Crippen LogP contribution in [0.1, 0.15) is 36.0 Å². The van der Waals surface area contributed by atoms with Gasteiger partial charge in [-0.15, -0.1) is 13.2 Å². The molecule has 3 heterocycles. The number of carbonyl (C=O) groups is 1. The van der Waals surface area contributed by atoms with E-state index < -0.39 is 6.36 Å². The lowest BCUT2D eigenvalue weighted by Crippen LogP contribution is -2.16. The van der Waals surface area contributed by atoms with Crippen molar-refractivity contribution >= 4 is 49.4 Å². The third-order valence-corrected chi connectivity index (χ3v) is 6.67. The Morgan fingerprint density at radius 3 is 2.85 bits per heavy atom. The van der Waals surface area contributed by atoms with Crippen molar-refractivity contribution < 1.29 is 27.4 Å². The van der Waals surface area contributed by atoms with Crippen molar-refractivity contribution in [2.75, 3.05) is 11.9 Å². The Morgan fingerprint density at radius 1 is 1.24 bits per heavy atom. The topological polar surface area (TPSA) is 78.3 Å². The molecule has 1 unspecified atom stereocenters. The second-order valence-corrected chi connectivity index (χ2v) is 9.15. The van der Waals surface area contributed by atoms with Gasteiger partial charge in [-0.2, -0.15) is 0 Å². The molecule has 5 rings (SSSR count). The molecule has 178 valence electrons. The predicted octanol–water partition coefficient (Wildman–Crippen LogP) is 5.97. The van der Waals surface area contributed by atoms with E-state index in [4.69, 9.17) is 4.74 Å². The number of hydrogen-bond acceptors (Lipinski definition) is 7. The molecule has 0 amide bonds. The Bertz CT molecular complexity index is 1360. The smallest absolute Gasteiger partial charge is 0.406 e. The van der Waals surface area contributed by atoms with E-state index in [0.717, 1.165) is 31.4 Å². The Labute approximate surface area is 196 Å². The number of thiazole rings is 1. The number of fused-ring (bicyclic) bond motifs is 2. The minimum Gasteiger partial charge on any atom is -0.406 e. The maximum absolute atomic E-state index is 12.6. The van der Waals surface area contributed by atoms with Crippen LogP contribution in [0.5, 0.6) is 5.75 Å². The summed E-state index contributed by atoms with van der Waals surface area (Å²) in [6.07, 6.45) is -1.38. The van der Waals surface area contributed by atoms with Gasteiger partial charge < -0.3 is 19.4 Å². The number of rotatable bonds is 7. The van der Waals surface area contributed by atoms with E-state index in [-0.39, 0.29) is 17.6 Å². The zero-order valence-corrected chi connectivity index (χ0v) is 19.0. The standard InChI is InChI=1S/C23H21F3N4O3S/c1-30-18-8-4-13(19(31)9-6-14-3-2-10-32-14)11-17(18)27-21(30)29-22-28-16-7-5-15(12-20(16)34-22)33-23(24,25)26/h4-5,7-8,11-12,14H,2-3,6,9-10H2,1H3,(H,27,28,29). The van der Waals surface area contributed by atoms with Crippen LogP contribution < -0.4 is 10.1 Å². The maximum Gasteiger partial charge on any atom is 0.573 e. The zero-order valence-electron chi connectivity index (χ0n) is 18.2. The summed E-state index contributed by atoms with van der Waals surface area (Å²) >= 11 is 1.19. The van der Waals surface area contributed by atoms with E-state index >= 15 is 0 Å². The quantitative estimate of drug-likeness (QED) is 0.322. The number of ether oxygens (including phenoxy) is 2. The van der Waals surface area contributed by atoms with Crippen LogP contribution in [0, 0.1) is 0 Å². The van der Waals surface area contributed by atoms with E-state index in [2.05, 4.69) is 20.0 Å². The van der Waals surface area contributed by atoms with Crippen molar-refractivity contribution in [3.8, 4) is 5.75 Å². The lowest BCUT2D eigenvalue weighted by molar-refractivity contribution is -0.274. The van der Waals surface area contributed by atoms with Crippen molar-refractivity contribution in [2.24, 2.45) is 7.05 Å². The highest BCUT2D eigenvalue weighted by molar-refractivity contribution is 7.22. The molecule has 1 N–H and O–H groups in total. The SMILES string of the molecule is Cn1c(Nc2nc3ccc(OC(F)(F)F)cc3s2)nc2cc(C(=O)CCC3CCCO3)ccc21. The highest BCUT2D eigenvalue weighted by Crippen LogP contribution is 2.33. The van der Waals surface area contributed by atoms with Crippen molar-refractivity contribution in [1.29, 1.82) is 0 Å². The Hall–Kier alpha value is -3.18. The Balaban J connectivity index is 1.33. The van der Waals surface area contributed by atoms with Crippen LogP contribution in [0.15, 0.2) is 36.4 Å². The molecule has 34 heavy (non-hydrogen) atoms. The van der Waals surface area contributed by atoms with Crippen LogP contribution in [0.25, 0.3) is 21.3 Å². The van der Waals surface area contributed by atoms with Crippen molar-refractivity contribution in [1.82, 2.24) is 14.5 Å². The van der Waals surface area contributed by atoms with Crippen LogP contribution in [-0.4, -0.2) is 39.4 Å². The second kappa shape index (κ2) is 8.88. The number of Topliss-reactive ketones (excluding diaryl/α,β-unsaturated/α-hetero) is 1. The third-order valence-electron chi connectivity index (χ3n) is 5.73. The number of aryl methyl sites for hydroxylation is 1. The minimum atomic E-state index is -4.75. The minimum absolute atomic E-state index is 0.0561. The van der Waals surface area contributed by atoms with Gasteiger partial charge in [-0.25, -0.2) is 9.97 Å². The lowest BCUT2D eigenvalue weighted by Gasteiger charge is -2.08. The molecule has 1 aliphatic heterocycles. The molecule has 4 aromatic rings. The van der Waals surface area contributed by atoms with Crippen molar-refractivity contribution in [3.05, 3.63) is 42.0 Å². The number of nitrogens with one attached hydrogen (secondary N) is 1. The first-order chi connectivity index (χ1) is 16.2. The van der Waals surface area contributed by atoms with Crippen LogP contribution in [-0.2, 0) is 11.8 Å². The number of alkyl halides is 3. The summed E-state index contributed by atoms with van der Waals surface area (Å²) in [6.45, 7) is 0.770. The average Bonchev–Trinajstić information content (AvgIpc) is 3.50. The molecule has 1 saturated heterocycles. The van der Waals surface area contributed by atoms with E-state index in [0.29, 0.717) is 38.8 Å². The van der Waals surface area contributed by atoms with Crippen molar-refractivity contribution in [3.63, 3.8) is 0 Å². The molecule has 1 atom stereocenters. The van der Waals surface area contributed by atoms with Crippen LogP contribution in [0.3, 0.4) is 0 Å². The number of carbonyl (C=O) groups excluding carboxylic acids is 1. The number of anilines is 2. The summed E-state index contributed by atoms with van der Waals surface area (Å²) in [5.74, 6) is 0.264. The molecule has 7 nitrogen and oxygen atoms in total. The molecule has 11 heteroatoms. The van der Waals surface area contributed by atoms with Crippen LogP contribution in [0.2, 0.25) is 0 Å². The number of halogens is 3. The molecule has 0 bridgehead atoms. The van der Waals surface area contributed by atoms with E-state index in [1.807, 2.05) is 17.7 Å². The van der Waals surface area contributed by atoms with Gasteiger partial charge in [0.05, 0.1) is 27.4 Å². The summed E-state index contributed by atoms with van der Waals surface area (Å²) in [7, 11) is 1.83. The van der Waals surface area contributed by atoms with Gasteiger partial charge in [0, 0.05) is 31.7 Å². The number of hydrogen-bond donors (Lipinski definition) is 1. The summed E-state index contributed by atoms with van der Waals surface area (Å²) in [6, 6.07) is 9.43.